The van der Waals surface area contributed by atoms with E-state index in [1.165, 1.54) is 19.3 Å². The molecule has 2 aliphatic rings. The SMILES string of the molecule is CCOC(=O)CCCNC(=O)OC1(CC)CC2CCC1C2. The molecule has 1 N–H and O–H groups in total. The maximum atomic E-state index is 12.0. The van der Waals surface area contributed by atoms with Crippen molar-refractivity contribution in [3.8, 4) is 0 Å². The van der Waals surface area contributed by atoms with Crippen molar-refractivity contribution in [2.45, 2.75) is 64.4 Å². The lowest BCUT2D eigenvalue weighted by atomic mass is 9.82. The summed E-state index contributed by atoms with van der Waals surface area (Å²) in [6.45, 7) is 4.74. The Labute approximate surface area is 126 Å². The highest BCUT2D eigenvalue weighted by Crippen LogP contribution is 2.54. The molecule has 3 atom stereocenters. The minimum Gasteiger partial charge on any atom is -0.466 e. The summed E-state index contributed by atoms with van der Waals surface area (Å²) < 4.78 is 10.6. The minimum atomic E-state index is -0.340. The quantitative estimate of drug-likeness (QED) is 0.579. The number of amides is 1. The molecule has 0 aromatic heterocycles. The number of carbonyl (C=O) groups excluding carboxylic acids is 2. The number of hydrogen-bond donors (Lipinski definition) is 1. The summed E-state index contributed by atoms with van der Waals surface area (Å²) in [7, 11) is 0. The Balaban J connectivity index is 1.68. The van der Waals surface area contributed by atoms with E-state index in [9.17, 15) is 9.59 Å². The first-order valence-electron chi connectivity index (χ1n) is 8.22. The van der Waals surface area contributed by atoms with Gasteiger partial charge >= 0.3 is 12.1 Å². The number of nitrogens with one attached hydrogen (secondary N) is 1. The second-order valence-corrected chi connectivity index (χ2v) is 6.22. The molecule has 0 aromatic rings. The van der Waals surface area contributed by atoms with E-state index in [4.69, 9.17) is 9.47 Å². The van der Waals surface area contributed by atoms with Gasteiger partial charge in [-0.05, 0) is 57.3 Å². The number of carbonyl (C=O) groups is 2. The Morgan fingerprint density at radius 1 is 1.29 bits per heavy atom. The molecular weight excluding hydrogens is 270 g/mol. The van der Waals surface area contributed by atoms with Gasteiger partial charge < -0.3 is 14.8 Å². The molecule has 5 heteroatoms. The van der Waals surface area contributed by atoms with Crippen molar-refractivity contribution in [3.05, 3.63) is 0 Å². The van der Waals surface area contributed by atoms with E-state index in [0.29, 0.717) is 31.9 Å². The largest absolute Gasteiger partial charge is 0.466 e. The zero-order valence-corrected chi connectivity index (χ0v) is 13.2. The zero-order chi connectivity index (χ0) is 15.3. The van der Waals surface area contributed by atoms with Gasteiger partial charge in [-0.1, -0.05) is 6.92 Å². The molecule has 120 valence electrons. The van der Waals surface area contributed by atoms with Crippen LogP contribution < -0.4 is 5.32 Å². The lowest BCUT2D eigenvalue weighted by Gasteiger charge is -2.36. The minimum absolute atomic E-state index is 0.217. The van der Waals surface area contributed by atoms with E-state index in [1.807, 2.05) is 0 Å². The van der Waals surface area contributed by atoms with Crippen molar-refractivity contribution < 1.29 is 19.1 Å². The second-order valence-electron chi connectivity index (χ2n) is 6.22. The molecule has 5 nitrogen and oxygen atoms in total. The number of esters is 1. The third kappa shape index (κ3) is 3.89. The fourth-order valence-corrected chi connectivity index (χ4v) is 3.90. The summed E-state index contributed by atoms with van der Waals surface area (Å²) in [4.78, 5) is 23.1. The Morgan fingerprint density at radius 3 is 2.67 bits per heavy atom. The van der Waals surface area contributed by atoms with E-state index in [-0.39, 0.29) is 17.7 Å². The number of rotatable bonds is 7. The topological polar surface area (TPSA) is 64.6 Å². The van der Waals surface area contributed by atoms with Crippen LogP contribution in [-0.2, 0) is 14.3 Å². The normalized spacial score (nSPS) is 30.2. The molecule has 2 bridgehead atoms. The van der Waals surface area contributed by atoms with Gasteiger partial charge in [0, 0.05) is 13.0 Å². The molecule has 1 amide bonds. The number of alkyl carbamates (subject to hydrolysis) is 1. The first-order chi connectivity index (χ1) is 10.1. The van der Waals surface area contributed by atoms with Gasteiger partial charge in [0.1, 0.15) is 5.60 Å². The van der Waals surface area contributed by atoms with Gasteiger partial charge in [0.25, 0.3) is 0 Å². The van der Waals surface area contributed by atoms with Crippen LogP contribution in [0.1, 0.15) is 58.8 Å². The lowest BCUT2D eigenvalue weighted by Crippen LogP contribution is -2.43. The smallest absolute Gasteiger partial charge is 0.407 e. The second kappa shape index (κ2) is 7.14. The van der Waals surface area contributed by atoms with Gasteiger partial charge in [-0.2, -0.15) is 0 Å². The number of hydrogen-bond acceptors (Lipinski definition) is 4. The van der Waals surface area contributed by atoms with Crippen LogP contribution in [0, 0.1) is 11.8 Å². The molecule has 2 saturated carbocycles. The highest BCUT2D eigenvalue weighted by atomic mass is 16.6. The number of ether oxygens (including phenoxy) is 2. The maximum Gasteiger partial charge on any atom is 0.407 e. The third-order valence-corrected chi connectivity index (χ3v) is 4.95. The molecule has 3 unspecified atom stereocenters. The van der Waals surface area contributed by atoms with E-state index in [1.54, 1.807) is 6.92 Å². The summed E-state index contributed by atoms with van der Waals surface area (Å²) in [5.41, 5.74) is -0.242. The Morgan fingerprint density at radius 2 is 2.10 bits per heavy atom. The van der Waals surface area contributed by atoms with Crippen LogP contribution in [0.5, 0.6) is 0 Å². The van der Waals surface area contributed by atoms with Crippen LogP contribution in [0.4, 0.5) is 4.79 Å². The molecule has 0 saturated heterocycles. The maximum absolute atomic E-state index is 12.0. The summed E-state index contributed by atoms with van der Waals surface area (Å²) >= 11 is 0. The van der Waals surface area contributed by atoms with Crippen molar-refractivity contribution in [1.29, 1.82) is 0 Å². The fourth-order valence-electron chi connectivity index (χ4n) is 3.90. The van der Waals surface area contributed by atoms with Crippen LogP contribution >= 0.6 is 0 Å². The van der Waals surface area contributed by atoms with Crippen LogP contribution in [0.3, 0.4) is 0 Å². The van der Waals surface area contributed by atoms with Gasteiger partial charge in [0.05, 0.1) is 6.61 Å². The highest BCUT2D eigenvalue weighted by Gasteiger charge is 2.52. The van der Waals surface area contributed by atoms with Crippen molar-refractivity contribution in [2.75, 3.05) is 13.2 Å². The average molecular weight is 297 g/mol. The van der Waals surface area contributed by atoms with Crippen molar-refractivity contribution in [1.82, 2.24) is 5.32 Å². The van der Waals surface area contributed by atoms with Crippen molar-refractivity contribution >= 4 is 12.1 Å². The molecule has 21 heavy (non-hydrogen) atoms. The Hall–Kier alpha value is -1.26. The van der Waals surface area contributed by atoms with Crippen LogP contribution in [0.25, 0.3) is 0 Å². The van der Waals surface area contributed by atoms with E-state index < -0.39 is 0 Å². The summed E-state index contributed by atoms with van der Waals surface area (Å²) in [6.07, 6.45) is 6.18. The van der Waals surface area contributed by atoms with Gasteiger partial charge in [0.2, 0.25) is 0 Å². The van der Waals surface area contributed by atoms with Crippen molar-refractivity contribution in [2.24, 2.45) is 11.8 Å². The van der Waals surface area contributed by atoms with E-state index >= 15 is 0 Å². The Bertz CT molecular complexity index is 384. The average Bonchev–Trinajstić information content (AvgIpc) is 3.05. The van der Waals surface area contributed by atoms with Crippen molar-refractivity contribution in [3.63, 3.8) is 0 Å². The molecular formula is C16H27NO4. The van der Waals surface area contributed by atoms with Crippen LogP contribution in [0.2, 0.25) is 0 Å². The first kappa shape index (κ1) is 16.1. The highest BCUT2D eigenvalue weighted by molar-refractivity contribution is 5.70. The summed E-state index contributed by atoms with van der Waals surface area (Å²) in [6, 6.07) is 0. The Kier molecular flexibility index (Phi) is 5.48. The fraction of sp³-hybridized carbons (Fsp3) is 0.875. The molecule has 0 aromatic carbocycles. The standard InChI is InChI=1S/C16H27NO4/c1-3-16(11-12-7-8-13(16)10-12)21-15(19)17-9-5-6-14(18)20-4-2/h12-13H,3-11H2,1-2H3,(H,17,19). The molecule has 2 rings (SSSR count). The molecule has 0 spiro atoms. The molecule has 2 fully saturated rings. The molecule has 0 aliphatic heterocycles. The molecule has 2 aliphatic carbocycles. The first-order valence-corrected chi connectivity index (χ1v) is 8.22. The van der Waals surface area contributed by atoms with Gasteiger partial charge in [0.15, 0.2) is 0 Å². The third-order valence-electron chi connectivity index (χ3n) is 4.95. The zero-order valence-electron chi connectivity index (χ0n) is 13.2. The van der Waals surface area contributed by atoms with Crippen LogP contribution in [-0.4, -0.2) is 30.8 Å². The predicted molar refractivity (Wildman–Crippen MR) is 78.8 cm³/mol. The van der Waals surface area contributed by atoms with Gasteiger partial charge in [-0.15, -0.1) is 0 Å². The summed E-state index contributed by atoms with van der Waals surface area (Å²) in [5.74, 6) is 1.06. The van der Waals surface area contributed by atoms with E-state index in [0.717, 1.165) is 18.8 Å². The van der Waals surface area contributed by atoms with Gasteiger partial charge in [-0.25, -0.2) is 4.79 Å². The van der Waals surface area contributed by atoms with E-state index in [2.05, 4.69) is 12.2 Å². The molecule has 0 radical (unpaired) electrons. The number of fused-ring (bicyclic) bond motifs is 2. The molecule has 0 heterocycles. The lowest BCUT2D eigenvalue weighted by molar-refractivity contribution is -0.143. The monoisotopic (exact) mass is 297 g/mol. The predicted octanol–water partition coefficient (Wildman–Crippen LogP) is 3.02. The van der Waals surface area contributed by atoms with Gasteiger partial charge in [-0.3, -0.25) is 4.79 Å². The summed E-state index contributed by atoms with van der Waals surface area (Å²) in [5, 5.41) is 2.76. The van der Waals surface area contributed by atoms with Crippen LogP contribution in [0.15, 0.2) is 0 Å².